The molecule has 2 aromatic carbocycles. The van der Waals surface area contributed by atoms with Crippen LogP contribution in [-0.2, 0) is 6.54 Å². The number of ether oxygens (including phenoxy) is 1. The van der Waals surface area contributed by atoms with Gasteiger partial charge in [-0.3, -0.25) is 9.97 Å². The van der Waals surface area contributed by atoms with Gasteiger partial charge in [-0.1, -0.05) is 12.1 Å². The molecule has 0 spiro atoms. The third kappa shape index (κ3) is 3.28. The molecular weight excluding hydrogens is 262 g/mol. The number of nitrogens with one attached hydrogen (secondary N) is 1. The van der Waals surface area contributed by atoms with Gasteiger partial charge < -0.3 is 10.1 Å². The second-order valence-electron chi connectivity index (χ2n) is 4.69. The summed E-state index contributed by atoms with van der Waals surface area (Å²) in [6.07, 6.45) is 3.41. The maximum Gasteiger partial charge on any atom is 0.119 e. The molecule has 1 heterocycles. The summed E-state index contributed by atoms with van der Waals surface area (Å²) in [7, 11) is 0. The lowest BCUT2D eigenvalue weighted by Gasteiger charge is -2.09. The van der Waals surface area contributed by atoms with E-state index in [1.165, 1.54) is 5.56 Å². The van der Waals surface area contributed by atoms with Gasteiger partial charge in [0.15, 0.2) is 0 Å². The molecule has 3 rings (SSSR count). The van der Waals surface area contributed by atoms with Gasteiger partial charge in [-0.2, -0.15) is 0 Å². The van der Waals surface area contributed by atoms with E-state index < -0.39 is 0 Å². The van der Waals surface area contributed by atoms with Gasteiger partial charge >= 0.3 is 0 Å². The van der Waals surface area contributed by atoms with Crippen molar-refractivity contribution in [3.05, 3.63) is 60.4 Å². The SMILES string of the molecule is CCOc1cccc(CNc2ccc3nccnc3c2)c1. The maximum atomic E-state index is 5.51. The lowest BCUT2D eigenvalue weighted by molar-refractivity contribution is 0.340. The lowest BCUT2D eigenvalue weighted by Crippen LogP contribution is -2.00. The van der Waals surface area contributed by atoms with Crippen molar-refractivity contribution in [1.29, 1.82) is 0 Å². The number of aromatic nitrogens is 2. The molecule has 0 aliphatic heterocycles. The first-order valence-corrected chi connectivity index (χ1v) is 7.01. The van der Waals surface area contributed by atoms with Crippen molar-refractivity contribution >= 4 is 16.7 Å². The Balaban J connectivity index is 1.72. The van der Waals surface area contributed by atoms with Gasteiger partial charge in [0, 0.05) is 24.6 Å². The Labute approximate surface area is 123 Å². The molecular formula is C17H17N3O. The number of anilines is 1. The second kappa shape index (κ2) is 6.22. The first kappa shape index (κ1) is 13.4. The molecule has 106 valence electrons. The molecule has 1 aromatic heterocycles. The van der Waals surface area contributed by atoms with E-state index >= 15 is 0 Å². The van der Waals surface area contributed by atoms with Gasteiger partial charge in [0.2, 0.25) is 0 Å². The molecule has 4 nitrogen and oxygen atoms in total. The summed E-state index contributed by atoms with van der Waals surface area (Å²) >= 11 is 0. The van der Waals surface area contributed by atoms with E-state index in [-0.39, 0.29) is 0 Å². The molecule has 0 aliphatic carbocycles. The highest BCUT2D eigenvalue weighted by molar-refractivity contribution is 5.78. The van der Waals surface area contributed by atoms with E-state index in [0.29, 0.717) is 6.61 Å². The van der Waals surface area contributed by atoms with Crippen molar-refractivity contribution in [2.45, 2.75) is 13.5 Å². The van der Waals surface area contributed by atoms with Crippen LogP contribution in [0.5, 0.6) is 5.75 Å². The molecule has 21 heavy (non-hydrogen) atoms. The van der Waals surface area contributed by atoms with Crippen LogP contribution < -0.4 is 10.1 Å². The fourth-order valence-corrected chi connectivity index (χ4v) is 2.19. The first-order chi connectivity index (χ1) is 10.3. The van der Waals surface area contributed by atoms with Crippen LogP contribution in [0.3, 0.4) is 0 Å². The Morgan fingerprint density at radius 2 is 1.86 bits per heavy atom. The minimum absolute atomic E-state index is 0.681. The molecule has 0 atom stereocenters. The number of rotatable bonds is 5. The fraction of sp³-hybridized carbons (Fsp3) is 0.176. The summed E-state index contributed by atoms with van der Waals surface area (Å²) < 4.78 is 5.51. The van der Waals surface area contributed by atoms with Gasteiger partial charge in [-0.05, 0) is 42.8 Å². The van der Waals surface area contributed by atoms with Crippen molar-refractivity contribution in [2.24, 2.45) is 0 Å². The van der Waals surface area contributed by atoms with Crippen LogP contribution in [0.15, 0.2) is 54.9 Å². The van der Waals surface area contributed by atoms with E-state index in [0.717, 1.165) is 29.0 Å². The second-order valence-corrected chi connectivity index (χ2v) is 4.69. The van der Waals surface area contributed by atoms with Crippen molar-refractivity contribution in [3.63, 3.8) is 0 Å². The summed E-state index contributed by atoms with van der Waals surface area (Å²) in [6.45, 7) is 3.41. The van der Waals surface area contributed by atoms with Crippen LogP contribution in [0.2, 0.25) is 0 Å². The van der Waals surface area contributed by atoms with Crippen molar-refractivity contribution in [1.82, 2.24) is 9.97 Å². The smallest absolute Gasteiger partial charge is 0.119 e. The average molecular weight is 279 g/mol. The van der Waals surface area contributed by atoms with E-state index in [9.17, 15) is 0 Å². The summed E-state index contributed by atoms with van der Waals surface area (Å²) in [5.74, 6) is 0.904. The summed E-state index contributed by atoms with van der Waals surface area (Å²) in [5.41, 5.74) is 4.01. The van der Waals surface area contributed by atoms with Gasteiger partial charge in [0.1, 0.15) is 5.75 Å². The molecule has 4 heteroatoms. The van der Waals surface area contributed by atoms with Crippen molar-refractivity contribution in [3.8, 4) is 5.75 Å². The number of nitrogens with zero attached hydrogens (tertiary/aromatic N) is 2. The predicted octanol–water partition coefficient (Wildman–Crippen LogP) is 3.64. The van der Waals surface area contributed by atoms with E-state index in [2.05, 4.69) is 27.4 Å². The monoisotopic (exact) mass is 279 g/mol. The van der Waals surface area contributed by atoms with Gasteiger partial charge in [0.25, 0.3) is 0 Å². The third-order valence-electron chi connectivity index (χ3n) is 3.18. The first-order valence-electron chi connectivity index (χ1n) is 7.01. The molecule has 0 aliphatic rings. The van der Waals surface area contributed by atoms with Crippen LogP contribution in [0, 0.1) is 0 Å². The summed E-state index contributed by atoms with van der Waals surface area (Å²) in [5, 5.41) is 3.40. The predicted molar refractivity (Wildman–Crippen MR) is 84.5 cm³/mol. The molecule has 0 saturated heterocycles. The number of fused-ring (bicyclic) bond motifs is 1. The zero-order valence-corrected chi connectivity index (χ0v) is 11.9. The van der Waals surface area contributed by atoms with E-state index in [1.807, 2.05) is 37.3 Å². The summed E-state index contributed by atoms with van der Waals surface area (Å²) in [6, 6.07) is 14.1. The normalized spacial score (nSPS) is 10.5. The van der Waals surface area contributed by atoms with E-state index in [1.54, 1.807) is 12.4 Å². The number of hydrogen-bond donors (Lipinski definition) is 1. The van der Waals surface area contributed by atoms with Crippen LogP contribution in [0.25, 0.3) is 11.0 Å². The average Bonchev–Trinajstić information content (AvgIpc) is 2.53. The molecule has 0 fully saturated rings. The lowest BCUT2D eigenvalue weighted by atomic mass is 10.2. The van der Waals surface area contributed by atoms with Crippen LogP contribution in [0.1, 0.15) is 12.5 Å². The quantitative estimate of drug-likeness (QED) is 0.774. The van der Waals surface area contributed by atoms with Crippen LogP contribution >= 0.6 is 0 Å². The van der Waals surface area contributed by atoms with Crippen LogP contribution in [0.4, 0.5) is 5.69 Å². The molecule has 1 N–H and O–H groups in total. The van der Waals surface area contributed by atoms with E-state index in [4.69, 9.17) is 4.74 Å². The Morgan fingerprint density at radius 3 is 2.71 bits per heavy atom. The minimum atomic E-state index is 0.681. The number of hydrogen-bond acceptors (Lipinski definition) is 4. The molecule has 0 saturated carbocycles. The molecule has 0 amide bonds. The third-order valence-corrected chi connectivity index (χ3v) is 3.18. The Hall–Kier alpha value is -2.62. The zero-order chi connectivity index (χ0) is 14.5. The fourth-order valence-electron chi connectivity index (χ4n) is 2.19. The van der Waals surface area contributed by atoms with Crippen molar-refractivity contribution in [2.75, 3.05) is 11.9 Å². The topological polar surface area (TPSA) is 47.0 Å². The van der Waals surface area contributed by atoms with Crippen molar-refractivity contribution < 1.29 is 4.74 Å². The number of benzene rings is 2. The van der Waals surface area contributed by atoms with Gasteiger partial charge in [-0.15, -0.1) is 0 Å². The standard InChI is InChI=1S/C17H17N3O/c1-2-21-15-5-3-4-13(10-15)12-20-14-6-7-16-17(11-14)19-9-8-18-16/h3-11,20H,2,12H2,1H3. The Bertz CT molecular complexity index is 743. The largest absolute Gasteiger partial charge is 0.494 e. The highest BCUT2D eigenvalue weighted by Crippen LogP contribution is 2.18. The molecule has 0 bridgehead atoms. The van der Waals surface area contributed by atoms with Crippen LogP contribution in [-0.4, -0.2) is 16.6 Å². The highest BCUT2D eigenvalue weighted by atomic mass is 16.5. The molecule has 0 unspecified atom stereocenters. The molecule has 3 aromatic rings. The Kier molecular flexibility index (Phi) is 3.96. The van der Waals surface area contributed by atoms with Gasteiger partial charge in [-0.25, -0.2) is 0 Å². The highest BCUT2D eigenvalue weighted by Gasteiger charge is 2.00. The Morgan fingerprint density at radius 1 is 1.00 bits per heavy atom. The maximum absolute atomic E-state index is 5.51. The zero-order valence-electron chi connectivity index (χ0n) is 11.9. The summed E-state index contributed by atoms with van der Waals surface area (Å²) in [4.78, 5) is 8.58. The minimum Gasteiger partial charge on any atom is -0.494 e. The van der Waals surface area contributed by atoms with Gasteiger partial charge in [0.05, 0.1) is 17.6 Å². The molecule has 0 radical (unpaired) electrons.